The number of para-hydroxylation sites is 2. The van der Waals surface area contributed by atoms with Gasteiger partial charge in [-0.05, 0) is 50.2 Å². The summed E-state index contributed by atoms with van der Waals surface area (Å²) in [5.74, 6) is 1.02. The Morgan fingerprint density at radius 1 is 1.21 bits per heavy atom. The van der Waals surface area contributed by atoms with Crippen molar-refractivity contribution in [3.05, 3.63) is 24.3 Å². The Morgan fingerprint density at radius 3 is 2.83 bits per heavy atom. The number of ether oxygens (including phenoxy) is 2. The summed E-state index contributed by atoms with van der Waals surface area (Å²) in [7, 11) is 0. The van der Waals surface area contributed by atoms with E-state index in [-0.39, 0.29) is 18.1 Å². The highest BCUT2D eigenvalue weighted by atomic mass is 16.5. The molecular formula is C19H28N2O3. The van der Waals surface area contributed by atoms with Crippen LogP contribution in [-0.4, -0.2) is 31.3 Å². The molecule has 1 aromatic carbocycles. The van der Waals surface area contributed by atoms with Gasteiger partial charge in [-0.2, -0.15) is 0 Å². The maximum absolute atomic E-state index is 12.3. The monoisotopic (exact) mass is 332 g/mol. The number of anilines is 1. The summed E-state index contributed by atoms with van der Waals surface area (Å²) in [4.78, 5) is 12.3. The molecule has 3 N–H and O–H groups in total. The molecule has 2 fully saturated rings. The third-order valence-corrected chi connectivity index (χ3v) is 5.03. The molecule has 1 amide bonds. The van der Waals surface area contributed by atoms with Gasteiger partial charge in [0.15, 0.2) is 0 Å². The standard InChI is InChI=1S/C19H28N2O3/c20-16-8-5-6-14(16)12-19(22)21-17-9-1-2-10-18(17)24-13-15-7-3-4-11-23-15/h1-2,9-10,14-16H,3-8,11-13,20H2,(H,21,22)/t14-,15?,16+/m0/s1. The molecule has 24 heavy (non-hydrogen) atoms. The Hall–Kier alpha value is -1.59. The first-order valence-electron chi connectivity index (χ1n) is 9.11. The molecule has 1 saturated carbocycles. The van der Waals surface area contributed by atoms with Crippen LogP contribution in [0.2, 0.25) is 0 Å². The molecule has 0 spiro atoms. The van der Waals surface area contributed by atoms with Gasteiger partial charge in [0.1, 0.15) is 12.4 Å². The number of hydrogen-bond acceptors (Lipinski definition) is 4. The van der Waals surface area contributed by atoms with Crippen LogP contribution in [-0.2, 0) is 9.53 Å². The Morgan fingerprint density at radius 2 is 2.08 bits per heavy atom. The fourth-order valence-corrected chi connectivity index (χ4v) is 3.58. The highest BCUT2D eigenvalue weighted by Crippen LogP contribution is 2.29. The summed E-state index contributed by atoms with van der Waals surface area (Å²) in [6.07, 6.45) is 7.19. The molecule has 1 saturated heterocycles. The van der Waals surface area contributed by atoms with Gasteiger partial charge >= 0.3 is 0 Å². The van der Waals surface area contributed by atoms with E-state index in [4.69, 9.17) is 15.2 Å². The molecule has 0 aromatic heterocycles. The minimum absolute atomic E-state index is 0.0160. The van der Waals surface area contributed by atoms with E-state index in [0.29, 0.717) is 24.7 Å². The first-order valence-corrected chi connectivity index (χ1v) is 9.11. The molecule has 5 nitrogen and oxygen atoms in total. The second kappa shape index (κ2) is 8.49. The van der Waals surface area contributed by atoms with Gasteiger partial charge in [-0.15, -0.1) is 0 Å². The molecule has 3 atom stereocenters. The van der Waals surface area contributed by atoms with E-state index in [1.165, 1.54) is 6.42 Å². The fourth-order valence-electron chi connectivity index (χ4n) is 3.58. The molecule has 1 aliphatic heterocycles. The van der Waals surface area contributed by atoms with Crippen LogP contribution in [0.15, 0.2) is 24.3 Å². The summed E-state index contributed by atoms with van der Waals surface area (Å²) in [6, 6.07) is 7.75. The number of rotatable bonds is 6. The molecule has 132 valence electrons. The molecular weight excluding hydrogens is 304 g/mol. The van der Waals surface area contributed by atoms with Crippen molar-refractivity contribution in [2.24, 2.45) is 11.7 Å². The lowest BCUT2D eigenvalue weighted by atomic mass is 10.00. The van der Waals surface area contributed by atoms with E-state index in [9.17, 15) is 4.79 Å². The number of hydrogen-bond donors (Lipinski definition) is 2. The van der Waals surface area contributed by atoms with Crippen molar-refractivity contribution < 1.29 is 14.3 Å². The van der Waals surface area contributed by atoms with Crippen LogP contribution in [0.4, 0.5) is 5.69 Å². The van der Waals surface area contributed by atoms with Crippen LogP contribution < -0.4 is 15.8 Å². The molecule has 3 rings (SSSR count). The van der Waals surface area contributed by atoms with Gasteiger partial charge in [-0.1, -0.05) is 18.6 Å². The molecule has 1 aromatic rings. The van der Waals surface area contributed by atoms with E-state index >= 15 is 0 Å². The predicted octanol–water partition coefficient (Wildman–Crippen LogP) is 3.09. The Kier molecular flexibility index (Phi) is 6.10. The van der Waals surface area contributed by atoms with E-state index in [2.05, 4.69) is 5.32 Å². The van der Waals surface area contributed by atoms with Gasteiger partial charge in [-0.3, -0.25) is 4.79 Å². The van der Waals surface area contributed by atoms with E-state index in [1.54, 1.807) is 0 Å². The minimum atomic E-state index is 0.0160. The topological polar surface area (TPSA) is 73.6 Å². The number of carbonyl (C=O) groups is 1. The maximum Gasteiger partial charge on any atom is 0.224 e. The van der Waals surface area contributed by atoms with Crippen LogP contribution in [0.5, 0.6) is 5.75 Å². The number of amides is 1. The number of benzene rings is 1. The average molecular weight is 332 g/mol. The second-order valence-electron chi connectivity index (χ2n) is 6.90. The van der Waals surface area contributed by atoms with Crippen molar-refractivity contribution in [2.75, 3.05) is 18.5 Å². The zero-order chi connectivity index (χ0) is 16.8. The largest absolute Gasteiger partial charge is 0.489 e. The summed E-state index contributed by atoms with van der Waals surface area (Å²) < 4.78 is 11.6. The quantitative estimate of drug-likeness (QED) is 0.839. The van der Waals surface area contributed by atoms with Crippen molar-refractivity contribution in [3.8, 4) is 5.75 Å². The molecule has 5 heteroatoms. The number of nitrogens with two attached hydrogens (primary N) is 1. The van der Waals surface area contributed by atoms with Crippen molar-refractivity contribution in [1.82, 2.24) is 0 Å². The van der Waals surface area contributed by atoms with Crippen LogP contribution in [0.1, 0.15) is 44.9 Å². The molecule has 1 heterocycles. The summed E-state index contributed by atoms with van der Waals surface area (Å²) in [5.41, 5.74) is 6.79. The Balaban J connectivity index is 1.53. The molecule has 1 unspecified atom stereocenters. The zero-order valence-electron chi connectivity index (χ0n) is 14.2. The normalized spacial score (nSPS) is 27.0. The van der Waals surface area contributed by atoms with Gasteiger partial charge in [-0.25, -0.2) is 0 Å². The van der Waals surface area contributed by atoms with E-state index in [0.717, 1.165) is 44.4 Å². The van der Waals surface area contributed by atoms with Gasteiger partial charge < -0.3 is 20.5 Å². The molecule has 2 aliphatic rings. The third kappa shape index (κ3) is 4.71. The van der Waals surface area contributed by atoms with Crippen LogP contribution >= 0.6 is 0 Å². The van der Waals surface area contributed by atoms with Crippen LogP contribution in [0.3, 0.4) is 0 Å². The SMILES string of the molecule is N[C@@H]1CCC[C@H]1CC(=O)Nc1ccccc1OCC1CCCCO1. The Bertz CT molecular complexity index is 543. The van der Waals surface area contributed by atoms with Crippen molar-refractivity contribution in [3.63, 3.8) is 0 Å². The molecule has 0 bridgehead atoms. The van der Waals surface area contributed by atoms with E-state index in [1.807, 2.05) is 24.3 Å². The maximum atomic E-state index is 12.3. The van der Waals surface area contributed by atoms with Crippen molar-refractivity contribution >= 4 is 11.6 Å². The van der Waals surface area contributed by atoms with Gasteiger partial charge in [0.2, 0.25) is 5.91 Å². The van der Waals surface area contributed by atoms with Gasteiger partial charge in [0, 0.05) is 19.1 Å². The third-order valence-electron chi connectivity index (χ3n) is 5.03. The first kappa shape index (κ1) is 17.2. The smallest absolute Gasteiger partial charge is 0.224 e. The van der Waals surface area contributed by atoms with Crippen LogP contribution in [0, 0.1) is 5.92 Å². The number of nitrogens with one attached hydrogen (secondary N) is 1. The zero-order valence-corrected chi connectivity index (χ0v) is 14.2. The van der Waals surface area contributed by atoms with Crippen molar-refractivity contribution in [2.45, 2.75) is 57.1 Å². The lowest BCUT2D eigenvalue weighted by Crippen LogP contribution is -2.28. The first-order chi connectivity index (χ1) is 11.7. The fraction of sp³-hybridized carbons (Fsp3) is 0.632. The summed E-state index contributed by atoms with van der Waals surface area (Å²) in [6.45, 7) is 1.34. The second-order valence-corrected chi connectivity index (χ2v) is 6.90. The van der Waals surface area contributed by atoms with E-state index < -0.39 is 0 Å². The highest BCUT2D eigenvalue weighted by Gasteiger charge is 2.26. The molecule has 1 aliphatic carbocycles. The van der Waals surface area contributed by atoms with Crippen molar-refractivity contribution in [1.29, 1.82) is 0 Å². The number of carbonyl (C=O) groups excluding carboxylic acids is 1. The lowest BCUT2D eigenvalue weighted by Gasteiger charge is -2.23. The predicted molar refractivity (Wildman–Crippen MR) is 94.1 cm³/mol. The highest BCUT2D eigenvalue weighted by molar-refractivity contribution is 5.92. The van der Waals surface area contributed by atoms with Gasteiger partial charge in [0.25, 0.3) is 0 Å². The minimum Gasteiger partial charge on any atom is -0.489 e. The summed E-state index contributed by atoms with van der Waals surface area (Å²) in [5, 5.41) is 2.99. The van der Waals surface area contributed by atoms with Crippen LogP contribution in [0.25, 0.3) is 0 Å². The molecule has 0 radical (unpaired) electrons. The van der Waals surface area contributed by atoms with Gasteiger partial charge in [0.05, 0.1) is 11.8 Å². The Labute approximate surface area is 143 Å². The lowest BCUT2D eigenvalue weighted by molar-refractivity contribution is -0.117. The summed E-state index contributed by atoms with van der Waals surface area (Å²) >= 11 is 0. The average Bonchev–Trinajstić information content (AvgIpc) is 3.00.